The van der Waals surface area contributed by atoms with Gasteiger partial charge in [0.2, 0.25) is 5.36 Å². The van der Waals surface area contributed by atoms with Crippen molar-refractivity contribution < 1.29 is 53.0 Å². The minimum absolute atomic E-state index is 0.154. The van der Waals surface area contributed by atoms with E-state index in [1.807, 2.05) is 61.5 Å². The van der Waals surface area contributed by atoms with Crippen LogP contribution in [0.25, 0.3) is 16.7 Å². The molecule has 0 amide bonds. The number of fused-ring (bicyclic) bond motifs is 4. The lowest BCUT2D eigenvalue weighted by molar-refractivity contribution is -0.673. The summed E-state index contributed by atoms with van der Waals surface area (Å²) in [6.45, 7) is 15.9. The first-order chi connectivity index (χ1) is 30.1. The van der Waals surface area contributed by atoms with Crippen molar-refractivity contribution in [3.63, 3.8) is 0 Å². The maximum atomic E-state index is 12.7. The van der Waals surface area contributed by atoms with E-state index in [9.17, 15) is 43.7 Å². The Morgan fingerprint density at radius 3 is 2.17 bits per heavy atom. The zero-order valence-corrected chi connectivity index (χ0v) is 40.4. The van der Waals surface area contributed by atoms with Gasteiger partial charge >= 0.3 is 0 Å². The van der Waals surface area contributed by atoms with Crippen molar-refractivity contribution in [3.8, 4) is 0 Å². The van der Waals surface area contributed by atoms with Crippen LogP contribution in [0.1, 0.15) is 107 Å². The van der Waals surface area contributed by atoms with E-state index in [1.54, 1.807) is 18.2 Å². The molecule has 3 aromatic carbocycles. The van der Waals surface area contributed by atoms with Crippen molar-refractivity contribution in [2.24, 2.45) is 7.05 Å². The van der Waals surface area contributed by atoms with Gasteiger partial charge in [0.05, 0.1) is 37.1 Å². The standard InChI is InChI=1S/C47H56N4O11S3/c1-31-26-45(2,3)51(28-32-14-9-10-15-42(32)65(59,60)61)40-24-38-36(22-34(31)40)43(44-48(8)18-19-49(44)16-11-12-21-63(53,54)55)37-23-35-33(29-64(56,57)58)27-46(4,5)50(17-13-20-62-30-52)41(35)25-39(37)47(38,6)7/h9-10,14-15,18-19,22-27,30H,11-13,16-17,20-21,28-29H2,1-8H3,(H-2,53,54,55,56,57,58,59,60,61)/p+2. The molecule has 1 aliphatic carbocycles. The number of nitrogens with zero attached hydrogens (tertiary/aromatic N) is 4. The molecular formula is C47H58N4O11S3+2. The average Bonchev–Trinajstić information content (AvgIpc) is 3.54. The minimum Gasteiger partial charge on any atom is -0.468 e. The summed E-state index contributed by atoms with van der Waals surface area (Å²) in [5.41, 5.74) is 5.52. The van der Waals surface area contributed by atoms with Gasteiger partial charge in [-0.15, -0.1) is 0 Å². The zero-order valence-electron chi connectivity index (χ0n) is 38.0. The number of hydrogen-bond acceptors (Lipinski definition) is 9. The SMILES string of the molecule is CC1=CC(C)(C)[N+](Cc2ccccc2S(=O)(=O)O)=c2cc3c(cc21)=C(c1n(CCCCS(=O)(=O)O)cc[n+]1C)c1cc2c(cc1C3(C)C)N(CCCOC=O)C(C)(C)C=C2CS(=O)(=O)O. The molecule has 7 rings (SSSR count). The molecule has 65 heavy (non-hydrogen) atoms. The Morgan fingerprint density at radius 1 is 0.800 bits per heavy atom. The van der Waals surface area contributed by atoms with Gasteiger partial charge < -0.3 is 9.64 Å². The quantitative estimate of drug-likeness (QED) is 0.0618. The molecule has 0 fully saturated rings. The molecule has 3 aliphatic rings. The van der Waals surface area contributed by atoms with Crippen LogP contribution in [0.15, 0.2) is 78.0 Å². The molecule has 3 heterocycles. The summed E-state index contributed by atoms with van der Waals surface area (Å²) in [5, 5.41) is 1.74. The molecule has 3 N–H and O–H groups in total. The lowest BCUT2D eigenvalue weighted by Crippen LogP contribution is -2.50. The molecule has 1 aromatic heterocycles. The number of anilines is 1. The van der Waals surface area contributed by atoms with E-state index >= 15 is 0 Å². The van der Waals surface area contributed by atoms with Crippen LogP contribution in [0.2, 0.25) is 0 Å². The molecule has 2 aliphatic heterocycles. The van der Waals surface area contributed by atoms with Crippen LogP contribution in [-0.2, 0) is 65.4 Å². The first-order valence-corrected chi connectivity index (χ1v) is 26.1. The van der Waals surface area contributed by atoms with Crippen LogP contribution >= 0.6 is 0 Å². The Labute approximate surface area is 381 Å². The summed E-state index contributed by atoms with van der Waals surface area (Å²) >= 11 is 0. The molecular weight excluding hydrogens is 893 g/mol. The largest absolute Gasteiger partial charge is 0.468 e. The second kappa shape index (κ2) is 17.0. The number of rotatable bonds is 16. The number of aromatic nitrogens is 2. The van der Waals surface area contributed by atoms with Crippen molar-refractivity contribution in [3.05, 3.63) is 123 Å². The maximum absolute atomic E-state index is 12.7. The fourth-order valence-corrected chi connectivity index (χ4v) is 12.0. The molecule has 4 aromatic rings. The number of unbranched alkanes of at least 4 members (excludes halogenated alkanes) is 1. The normalized spacial score (nSPS) is 17.4. The third kappa shape index (κ3) is 9.51. The van der Waals surface area contributed by atoms with Gasteiger partial charge in [-0.1, -0.05) is 38.1 Å². The first kappa shape index (κ1) is 48.0. The molecule has 348 valence electrons. The van der Waals surface area contributed by atoms with Gasteiger partial charge in [0, 0.05) is 54.3 Å². The summed E-state index contributed by atoms with van der Waals surface area (Å²) in [5.74, 6) is -0.221. The van der Waals surface area contributed by atoms with E-state index in [1.165, 1.54) is 6.07 Å². The maximum Gasteiger partial charge on any atom is 0.295 e. The molecule has 0 bridgehead atoms. The van der Waals surface area contributed by atoms with Gasteiger partial charge in [0.25, 0.3) is 42.7 Å². The summed E-state index contributed by atoms with van der Waals surface area (Å²) < 4.78 is 115. The molecule has 0 atom stereocenters. The Kier molecular flexibility index (Phi) is 12.6. The number of carbonyl (C=O) groups is 1. The van der Waals surface area contributed by atoms with E-state index < -0.39 is 52.6 Å². The summed E-state index contributed by atoms with van der Waals surface area (Å²) in [7, 11) is -11.3. The Balaban J connectivity index is 1.59. The highest BCUT2D eigenvalue weighted by Crippen LogP contribution is 2.48. The number of carbonyl (C=O) groups excluding carboxylic acids is 1. The predicted molar refractivity (Wildman–Crippen MR) is 249 cm³/mol. The van der Waals surface area contributed by atoms with Gasteiger partial charge in [0.1, 0.15) is 23.0 Å². The van der Waals surface area contributed by atoms with Gasteiger partial charge in [-0.2, -0.15) is 25.3 Å². The van der Waals surface area contributed by atoms with E-state index in [0.29, 0.717) is 49.1 Å². The van der Waals surface area contributed by atoms with Gasteiger partial charge in [-0.25, -0.2) is 13.7 Å². The Hall–Kier alpha value is -4.98. The fourth-order valence-electron chi connectivity index (χ4n) is 10.1. The van der Waals surface area contributed by atoms with E-state index in [4.69, 9.17) is 4.74 Å². The lowest BCUT2D eigenvalue weighted by Gasteiger charge is -2.45. The van der Waals surface area contributed by atoms with Crippen molar-refractivity contribution in [2.45, 2.75) is 102 Å². The van der Waals surface area contributed by atoms with Gasteiger partial charge in [-0.3, -0.25) is 18.5 Å². The van der Waals surface area contributed by atoms with Crippen LogP contribution in [0, 0.1) is 0 Å². The minimum atomic E-state index is -4.55. The lowest BCUT2D eigenvalue weighted by atomic mass is 9.68. The predicted octanol–water partition coefficient (Wildman–Crippen LogP) is 4.43. The third-order valence-corrected chi connectivity index (χ3v) is 15.4. The van der Waals surface area contributed by atoms with Crippen LogP contribution in [0.5, 0.6) is 0 Å². The van der Waals surface area contributed by atoms with Crippen LogP contribution in [0.4, 0.5) is 5.69 Å². The van der Waals surface area contributed by atoms with Crippen molar-refractivity contribution >= 4 is 59.2 Å². The molecule has 0 unspecified atom stereocenters. The highest BCUT2D eigenvalue weighted by atomic mass is 32.2. The van der Waals surface area contributed by atoms with E-state index in [0.717, 1.165) is 55.5 Å². The fraction of sp³-hybridized carbons (Fsp3) is 0.426. The second-order valence-corrected chi connectivity index (χ2v) is 23.3. The van der Waals surface area contributed by atoms with Gasteiger partial charge in [0.15, 0.2) is 12.1 Å². The zero-order chi connectivity index (χ0) is 47.7. The summed E-state index contributed by atoms with van der Waals surface area (Å²) in [6.07, 6.45) is 8.97. The third-order valence-electron chi connectivity index (χ3n) is 13.0. The van der Waals surface area contributed by atoms with Crippen LogP contribution < -0.4 is 24.6 Å². The number of allylic oxidation sites excluding steroid dienone is 1. The molecule has 0 saturated heterocycles. The van der Waals surface area contributed by atoms with Crippen molar-refractivity contribution in [2.75, 3.05) is 29.6 Å². The molecule has 0 saturated carbocycles. The topological polar surface area (TPSA) is 204 Å². The molecule has 18 heteroatoms. The van der Waals surface area contributed by atoms with E-state index in [-0.39, 0.29) is 30.2 Å². The number of ether oxygens (including phenoxy) is 1. The van der Waals surface area contributed by atoms with Crippen LogP contribution in [-0.4, -0.2) is 85.7 Å². The molecule has 0 spiro atoms. The average molecular weight is 951 g/mol. The van der Waals surface area contributed by atoms with Crippen molar-refractivity contribution in [1.82, 2.24) is 9.14 Å². The summed E-state index contributed by atoms with van der Waals surface area (Å²) in [4.78, 5) is 13.1. The monoisotopic (exact) mass is 950 g/mol. The highest BCUT2D eigenvalue weighted by Gasteiger charge is 2.43. The van der Waals surface area contributed by atoms with Gasteiger partial charge in [-0.05, 0) is 103 Å². The highest BCUT2D eigenvalue weighted by molar-refractivity contribution is 7.86. The Morgan fingerprint density at radius 2 is 1.51 bits per heavy atom. The summed E-state index contributed by atoms with van der Waals surface area (Å²) in [6, 6.07) is 14.8. The second-order valence-electron chi connectivity index (χ2n) is 18.9. The first-order valence-electron chi connectivity index (χ1n) is 21.4. The number of imidazole rings is 1. The van der Waals surface area contributed by atoms with Crippen molar-refractivity contribution in [1.29, 1.82) is 0 Å². The number of benzene rings is 3. The number of hydrogen-bond donors (Lipinski definition) is 3. The van der Waals surface area contributed by atoms with E-state index in [2.05, 4.69) is 61.4 Å². The number of aryl methyl sites for hydroxylation is 2. The smallest absolute Gasteiger partial charge is 0.295 e. The van der Waals surface area contributed by atoms with Crippen LogP contribution in [0.3, 0.4) is 0 Å². The Bertz CT molecular complexity index is 3160. The molecule has 0 radical (unpaired) electrons. The molecule has 15 nitrogen and oxygen atoms in total.